The standard InChI is InChI=1S/2C10H22.3C9H20.7C8H18.C7H12/c1-8(9(2,3)4)10(5,6)7;1-8(2)10(6,7)9(3,4)5;1-7-9(5,6)8(2,3)4;1-7(2)8(3)9(4,5)6;1-7(2)9(5,6)8(3)4;3*1-7(2,3)8(4,5)6;2*1-6-7(2)8(3,4)5;1-6-8(4,5)7(2)3;1-6(2)8(5)7(3)4;1-7(4-5-7)6-2-3-6/h2*8H,1-7H3;7H2,1-6H3;2*7-8H,1-6H3;3*1-6H3;3*7H,6H2,1-5H3;6-8H,1-5H3;6H,2-5H2,1H3/t;;;8-;;;;;7-;;;;/m...1....1..../s1. The molecule has 2 aliphatic rings. The average molecular weight is 1570 g/mol. The van der Waals surface area contributed by atoms with Crippen molar-refractivity contribution in [2.75, 3.05) is 0 Å². The zero-order chi connectivity index (χ0) is 93.2. The van der Waals surface area contributed by atoms with Gasteiger partial charge in [0, 0.05) is 0 Å². The Morgan fingerprint density at radius 1 is 0.264 bits per heavy atom. The Morgan fingerprint density at radius 2 is 0.500 bits per heavy atom. The van der Waals surface area contributed by atoms with Crippen molar-refractivity contribution in [2.24, 2.45) is 174 Å². The molecule has 0 aliphatic heterocycles. The van der Waals surface area contributed by atoms with E-state index in [2.05, 4.69) is 492 Å². The molecule has 0 bridgehead atoms. The van der Waals surface area contributed by atoms with Gasteiger partial charge in [0.25, 0.3) is 0 Å². The minimum atomic E-state index is 0.418. The first kappa shape index (κ1) is 133. The molecule has 0 N–H and O–H groups in total. The van der Waals surface area contributed by atoms with Gasteiger partial charge >= 0.3 is 0 Å². The van der Waals surface area contributed by atoms with E-state index in [1.807, 2.05) is 0 Å². The first-order chi connectivity index (χ1) is 47.0. The molecule has 2 saturated carbocycles. The van der Waals surface area contributed by atoms with E-state index in [1.165, 1.54) is 51.4 Å². The zero-order valence-corrected chi connectivity index (χ0v) is 93.2. The third-order valence-electron chi connectivity index (χ3n) is 32.3. The van der Waals surface area contributed by atoms with Crippen LogP contribution in [0.15, 0.2) is 0 Å². The summed E-state index contributed by atoms with van der Waals surface area (Å²) in [4.78, 5) is 0. The lowest BCUT2D eigenvalue weighted by molar-refractivity contribution is 0.0737. The van der Waals surface area contributed by atoms with Gasteiger partial charge in [-0.1, -0.05) is 517 Å². The Hall–Kier alpha value is 0. The van der Waals surface area contributed by atoms with Crippen LogP contribution in [-0.2, 0) is 0 Å². The first-order valence-corrected chi connectivity index (χ1v) is 47.0. The monoisotopic (exact) mass is 1560 g/mol. The molecule has 682 valence electrons. The fraction of sp³-hybridized carbons (Fsp3) is 1.00. The third kappa shape index (κ3) is 67.8. The van der Waals surface area contributed by atoms with Crippen LogP contribution in [0.1, 0.15) is 543 Å². The minimum Gasteiger partial charge on any atom is -0.0651 e. The van der Waals surface area contributed by atoms with Crippen LogP contribution >= 0.6 is 0 Å². The summed E-state index contributed by atoms with van der Waals surface area (Å²) in [5, 5.41) is 0. The molecule has 3 atom stereocenters. The van der Waals surface area contributed by atoms with Gasteiger partial charge in [0.1, 0.15) is 0 Å². The van der Waals surface area contributed by atoms with Crippen molar-refractivity contribution in [1.82, 2.24) is 0 Å². The molecule has 0 heteroatoms. The van der Waals surface area contributed by atoms with Crippen molar-refractivity contribution in [3.05, 3.63) is 0 Å². The maximum Gasteiger partial charge on any atom is -0.0283 e. The Labute approximate surface area is 713 Å². The van der Waals surface area contributed by atoms with Crippen LogP contribution in [0.25, 0.3) is 0 Å². The maximum atomic E-state index is 2.44. The van der Waals surface area contributed by atoms with Gasteiger partial charge in [-0.3, -0.25) is 0 Å². The van der Waals surface area contributed by atoms with Crippen molar-refractivity contribution in [1.29, 1.82) is 0 Å². The second-order valence-electron chi connectivity index (χ2n) is 54.7. The molecule has 0 aromatic heterocycles. The van der Waals surface area contributed by atoms with E-state index in [4.69, 9.17) is 0 Å². The van der Waals surface area contributed by atoms with Crippen molar-refractivity contribution in [3.63, 3.8) is 0 Å². The molecule has 1 unspecified atom stereocenters. The lowest BCUT2D eigenvalue weighted by atomic mass is 9.63. The topological polar surface area (TPSA) is 0 Å². The predicted octanol–water partition coefficient (Wildman–Crippen LogP) is 41.1. The highest BCUT2D eigenvalue weighted by Crippen LogP contribution is 2.61. The highest BCUT2D eigenvalue weighted by molar-refractivity contribution is 5.00. The van der Waals surface area contributed by atoms with Crippen molar-refractivity contribution < 1.29 is 0 Å². The van der Waals surface area contributed by atoms with Crippen LogP contribution in [-0.4, -0.2) is 0 Å². The first-order valence-electron chi connectivity index (χ1n) is 47.0. The molecule has 0 amide bonds. The lowest BCUT2D eigenvalue weighted by Gasteiger charge is -2.42. The van der Waals surface area contributed by atoms with Crippen LogP contribution in [0.2, 0.25) is 0 Å². The lowest BCUT2D eigenvalue weighted by Crippen LogP contribution is -2.34. The molecule has 110 heavy (non-hydrogen) atoms. The highest BCUT2D eigenvalue weighted by Gasteiger charge is 2.49. The summed E-state index contributed by atoms with van der Waals surface area (Å²) in [6.45, 7) is 163. The molecule has 0 aromatic rings. The minimum absolute atomic E-state index is 0.418. The highest BCUT2D eigenvalue weighted by atomic mass is 14.5. The molecule has 0 saturated heterocycles. The van der Waals surface area contributed by atoms with Crippen LogP contribution in [0.5, 0.6) is 0 Å². The molecule has 0 spiro atoms. The molecule has 0 aromatic carbocycles. The van der Waals surface area contributed by atoms with Crippen LogP contribution in [0.3, 0.4) is 0 Å². The average Bonchev–Trinajstić information content (AvgIpc) is 1.61. The summed E-state index contributed by atoms with van der Waals surface area (Å²) in [5.41, 5.74) is 8.69. The van der Waals surface area contributed by atoms with E-state index >= 15 is 0 Å². The zero-order valence-electron chi connectivity index (χ0n) is 93.2. The van der Waals surface area contributed by atoms with E-state index in [1.54, 1.807) is 0 Å². The van der Waals surface area contributed by atoms with E-state index in [0.29, 0.717) is 92.1 Å². The molecule has 0 radical (unpaired) electrons. The number of hydrogen-bond acceptors (Lipinski definition) is 0. The van der Waals surface area contributed by atoms with E-state index in [-0.39, 0.29) is 0 Å². The molecule has 0 nitrogen and oxygen atoms in total. The normalized spacial score (nSPS) is 15.7. The van der Waals surface area contributed by atoms with Crippen molar-refractivity contribution in [3.8, 4) is 0 Å². The Kier molecular flexibility index (Phi) is 64.1. The molecular formula is C110H242. The summed E-state index contributed by atoms with van der Waals surface area (Å²) >= 11 is 0. The van der Waals surface area contributed by atoms with Crippen molar-refractivity contribution >= 4 is 0 Å². The third-order valence-corrected chi connectivity index (χ3v) is 32.3. The summed E-state index contributed by atoms with van der Waals surface area (Å²) in [7, 11) is 0. The van der Waals surface area contributed by atoms with Gasteiger partial charge in [-0.05, 0) is 200 Å². The number of rotatable bonds is 12. The predicted molar refractivity (Wildman–Crippen MR) is 529 cm³/mol. The molecule has 2 rings (SSSR count). The summed E-state index contributed by atoms with van der Waals surface area (Å²) < 4.78 is 0. The number of hydrogen-bond donors (Lipinski definition) is 0. The van der Waals surface area contributed by atoms with Crippen LogP contribution < -0.4 is 0 Å². The molecule has 0 heterocycles. The van der Waals surface area contributed by atoms with Gasteiger partial charge in [-0.15, -0.1) is 0 Å². The quantitative estimate of drug-likeness (QED) is 0.183. The largest absolute Gasteiger partial charge is 0.0651 e. The second-order valence-corrected chi connectivity index (χ2v) is 54.7. The fourth-order valence-electron chi connectivity index (χ4n) is 8.15. The van der Waals surface area contributed by atoms with Gasteiger partial charge in [-0.25, -0.2) is 0 Å². The Morgan fingerprint density at radius 3 is 0.509 bits per heavy atom. The van der Waals surface area contributed by atoms with Gasteiger partial charge < -0.3 is 0 Å². The summed E-state index contributed by atoms with van der Waals surface area (Å²) in [5.74, 6) is 11.0. The maximum absolute atomic E-state index is 2.44. The second kappa shape index (κ2) is 52.9. The summed E-state index contributed by atoms with van der Waals surface area (Å²) in [6.07, 6.45) is 11.3. The van der Waals surface area contributed by atoms with Gasteiger partial charge in [0.15, 0.2) is 0 Å². The smallest absolute Gasteiger partial charge is 0.0283 e. The molecular weight excluding hydrogens is 1320 g/mol. The summed E-state index contributed by atoms with van der Waals surface area (Å²) in [6, 6.07) is 0. The van der Waals surface area contributed by atoms with Gasteiger partial charge in [-0.2, -0.15) is 0 Å². The van der Waals surface area contributed by atoms with Gasteiger partial charge in [0.2, 0.25) is 0 Å². The Balaban J connectivity index is -0.000000107. The fourth-order valence-corrected chi connectivity index (χ4v) is 8.15. The van der Waals surface area contributed by atoms with Crippen LogP contribution in [0, 0.1) is 174 Å². The molecule has 2 fully saturated rings. The van der Waals surface area contributed by atoms with Gasteiger partial charge in [0.05, 0.1) is 0 Å². The van der Waals surface area contributed by atoms with E-state index in [9.17, 15) is 0 Å². The molecule has 2 aliphatic carbocycles. The van der Waals surface area contributed by atoms with E-state index in [0.717, 1.165) is 82.3 Å². The van der Waals surface area contributed by atoms with Crippen LogP contribution in [0.4, 0.5) is 0 Å². The van der Waals surface area contributed by atoms with Crippen molar-refractivity contribution in [2.45, 2.75) is 543 Å². The SMILES string of the molecule is CC(C(C)(C)C)C(C)(C)C.CC(C)(C)C(C)(C)C.CC(C)(C)C(C)(C)C.CC(C)(C)C(C)(C)C.CC(C)C(C)(C)C(C)(C)C.CC(C)C(C)(C)C(C)C.CC(C)C(C)C(C)C.CC(C)[C@@H](C)C(C)(C)C.CC1(C2CC2)CC1.CCC(C)(C)C(C)(C)C.CCC(C)(C)C(C)C.CCC(C)C(C)(C)C.CC[C@@H](C)C(C)(C)C. The van der Waals surface area contributed by atoms with E-state index < -0.39 is 0 Å². The Bertz CT molecular complexity index is 1940.